The molecule has 3 rings (SSSR count). The maximum atomic E-state index is 14.0. The molecule has 22 heavy (non-hydrogen) atoms. The van der Waals surface area contributed by atoms with Crippen LogP contribution in [0.25, 0.3) is 10.9 Å². The van der Waals surface area contributed by atoms with E-state index >= 15 is 0 Å². The van der Waals surface area contributed by atoms with Gasteiger partial charge >= 0.3 is 0 Å². The van der Waals surface area contributed by atoms with Gasteiger partial charge in [0.1, 0.15) is 30.0 Å². The Morgan fingerprint density at radius 3 is 2.82 bits per heavy atom. The Labute approximate surface area is 133 Å². The molecular formula is C13H12BrFN6O. The molecule has 7 nitrogen and oxygen atoms in total. The molecule has 2 N–H and O–H groups in total. The molecule has 0 saturated carbocycles. The second-order valence-electron chi connectivity index (χ2n) is 4.69. The van der Waals surface area contributed by atoms with Crippen LogP contribution in [0.3, 0.4) is 0 Å². The minimum absolute atomic E-state index is 0.210. The molecule has 114 valence electrons. The number of anilines is 1. The van der Waals surface area contributed by atoms with E-state index in [2.05, 4.69) is 36.0 Å². The molecule has 0 bridgehead atoms. The van der Waals surface area contributed by atoms with Gasteiger partial charge in [0.15, 0.2) is 11.9 Å². The number of hydrogen-bond donors (Lipinski definition) is 1. The number of rotatable bonds is 3. The highest BCUT2D eigenvalue weighted by Crippen LogP contribution is 2.36. The van der Waals surface area contributed by atoms with Gasteiger partial charge in [-0.05, 0) is 22.9 Å². The van der Waals surface area contributed by atoms with Crippen LogP contribution in [-0.4, -0.2) is 24.7 Å². The predicted molar refractivity (Wildman–Crippen MR) is 81.7 cm³/mol. The molecule has 3 aromatic rings. The number of aromatic nitrogens is 5. The Balaban J connectivity index is 2.09. The van der Waals surface area contributed by atoms with Crippen molar-refractivity contribution >= 4 is 32.7 Å². The molecule has 0 aliphatic rings. The highest BCUT2D eigenvalue weighted by Gasteiger charge is 2.19. The largest absolute Gasteiger partial charge is 0.482 e. The fourth-order valence-corrected chi connectivity index (χ4v) is 2.47. The van der Waals surface area contributed by atoms with Crippen molar-refractivity contribution in [3.05, 3.63) is 34.8 Å². The average molecular weight is 367 g/mol. The third-order valence-electron chi connectivity index (χ3n) is 3.08. The summed E-state index contributed by atoms with van der Waals surface area (Å²) in [6.45, 7) is 1.76. The topological polar surface area (TPSA) is 91.7 Å². The molecule has 0 radical (unpaired) electrons. The minimum atomic E-state index is -0.498. The smallest absolute Gasteiger partial charge is 0.191 e. The molecule has 1 atom stereocenters. The standard InChI is InChI=1S/C13H12BrFN6O/c1-6(13-19-5-21(2)20-13)22-8-3-7(15)10(14)11-9(8)12(16)18-4-17-11/h3-6H,1-2H3,(H2,16,17,18)/t6-/m1/s1. The number of aryl methyl sites for hydroxylation is 1. The zero-order valence-corrected chi connectivity index (χ0v) is 13.4. The van der Waals surface area contributed by atoms with Crippen molar-refractivity contribution in [2.75, 3.05) is 5.73 Å². The predicted octanol–water partition coefficient (Wildman–Crippen LogP) is 2.38. The van der Waals surface area contributed by atoms with Crippen LogP contribution in [0.15, 0.2) is 23.2 Å². The van der Waals surface area contributed by atoms with E-state index in [1.807, 2.05) is 0 Å². The van der Waals surface area contributed by atoms with E-state index in [4.69, 9.17) is 10.5 Å². The fraction of sp³-hybridized carbons (Fsp3) is 0.231. The van der Waals surface area contributed by atoms with Crippen LogP contribution in [-0.2, 0) is 7.05 Å². The monoisotopic (exact) mass is 366 g/mol. The zero-order valence-electron chi connectivity index (χ0n) is 11.8. The van der Waals surface area contributed by atoms with Crippen LogP contribution < -0.4 is 10.5 Å². The summed E-state index contributed by atoms with van der Waals surface area (Å²) in [6, 6.07) is 1.24. The van der Waals surface area contributed by atoms with E-state index in [0.29, 0.717) is 16.7 Å². The summed E-state index contributed by atoms with van der Waals surface area (Å²) in [5.74, 6) is 0.437. The molecule has 0 fully saturated rings. The zero-order chi connectivity index (χ0) is 15.9. The summed E-state index contributed by atoms with van der Waals surface area (Å²) in [7, 11) is 1.75. The van der Waals surface area contributed by atoms with Gasteiger partial charge in [-0.2, -0.15) is 5.10 Å². The second kappa shape index (κ2) is 5.48. The van der Waals surface area contributed by atoms with Gasteiger partial charge in [0.05, 0.1) is 15.4 Å². The lowest BCUT2D eigenvalue weighted by atomic mass is 10.2. The molecule has 2 aromatic heterocycles. The quantitative estimate of drug-likeness (QED) is 0.764. The number of nitrogens with zero attached hydrogens (tertiary/aromatic N) is 5. The number of nitrogens with two attached hydrogens (primary N) is 1. The molecule has 2 heterocycles. The van der Waals surface area contributed by atoms with Crippen LogP contribution in [0, 0.1) is 5.82 Å². The number of ether oxygens (including phenoxy) is 1. The molecule has 0 aliphatic heterocycles. The number of hydrogen-bond acceptors (Lipinski definition) is 6. The van der Waals surface area contributed by atoms with Gasteiger partial charge < -0.3 is 10.5 Å². The maximum Gasteiger partial charge on any atom is 0.191 e. The molecular weight excluding hydrogens is 355 g/mol. The Bertz CT molecular complexity index is 852. The van der Waals surface area contributed by atoms with Crippen molar-refractivity contribution in [1.82, 2.24) is 24.7 Å². The van der Waals surface area contributed by atoms with Gasteiger partial charge in [0.25, 0.3) is 0 Å². The van der Waals surface area contributed by atoms with E-state index < -0.39 is 11.9 Å². The average Bonchev–Trinajstić information content (AvgIpc) is 2.91. The maximum absolute atomic E-state index is 14.0. The van der Waals surface area contributed by atoms with Gasteiger partial charge in [-0.25, -0.2) is 19.3 Å². The molecule has 9 heteroatoms. The molecule has 0 amide bonds. The van der Waals surface area contributed by atoms with Crippen molar-refractivity contribution in [3.63, 3.8) is 0 Å². The second-order valence-corrected chi connectivity index (χ2v) is 5.48. The van der Waals surface area contributed by atoms with Gasteiger partial charge in [0, 0.05) is 13.1 Å². The number of benzene rings is 1. The Morgan fingerprint density at radius 1 is 1.36 bits per heavy atom. The van der Waals surface area contributed by atoms with Gasteiger partial charge in [0.2, 0.25) is 0 Å². The van der Waals surface area contributed by atoms with Crippen molar-refractivity contribution in [2.45, 2.75) is 13.0 Å². The van der Waals surface area contributed by atoms with Gasteiger partial charge in [-0.15, -0.1) is 0 Å². The molecule has 0 unspecified atom stereocenters. The number of halogens is 2. The first-order valence-corrected chi connectivity index (χ1v) is 7.17. The third-order valence-corrected chi connectivity index (χ3v) is 3.84. The molecule has 1 aromatic carbocycles. The summed E-state index contributed by atoms with van der Waals surface area (Å²) in [4.78, 5) is 12.1. The van der Waals surface area contributed by atoms with Crippen LogP contribution in [0.1, 0.15) is 18.9 Å². The summed E-state index contributed by atoms with van der Waals surface area (Å²) < 4.78 is 21.6. The first-order valence-electron chi connectivity index (χ1n) is 6.37. The summed E-state index contributed by atoms with van der Waals surface area (Å²) in [5.41, 5.74) is 6.24. The van der Waals surface area contributed by atoms with Crippen LogP contribution in [0.5, 0.6) is 5.75 Å². The first kappa shape index (κ1) is 14.6. The third kappa shape index (κ3) is 2.47. The lowest BCUT2D eigenvalue weighted by Crippen LogP contribution is -2.08. The SMILES string of the molecule is C[C@@H](Oc1cc(F)c(Br)c2ncnc(N)c12)c1ncn(C)n1. The molecule has 0 spiro atoms. The van der Waals surface area contributed by atoms with Crippen LogP contribution in [0.2, 0.25) is 0 Å². The summed E-state index contributed by atoms with van der Waals surface area (Å²) in [6.07, 6.45) is 2.35. The van der Waals surface area contributed by atoms with E-state index in [-0.39, 0.29) is 16.0 Å². The normalized spacial score (nSPS) is 12.5. The molecule has 0 aliphatic carbocycles. The van der Waals surface area contributed by atoms with Crippen molar-refractivity contribution in [1.29, 1.82) is 0 Å². The van der Waals surface area contributed by atoms with Gasteiger partial charge in [-0.3, -0.25) is 4.68 Å². The minimum Gasteiger partial charge on any atom is -0.482 e. The van der Waals surface area contributed by atoms with Crippen molar-refractivity contribution < 1.29 is 9.13 Å². The van der Waals surface area contributed by atoms with Gasteiger partial charge in [-0.1, -0.05) is 0 Å². The Morgan fingerprint density at radius 2 is 2.14 bits per heavy atom. The lowest BCUT2D eigenvalue weighted by Gasteiger charge is -2.15. The van der Waals surface area contributed by atoms with Crippen LogP contribution >= 0.6 is 15.9 Å². The fourth-order valence-electron chi connectivity index (χ4n) is 2.05. The van der Waals surface area contributed by atoms with E-state index in [1.165, 1.54) is 12.4 Å². The van der Waals surface area contributed by atoms with Crippen LogP contribution in [0.4, 0.5) is 10.2 Å². The van der Waals surface area contributed by atoms with E-state index in [9.17, 15) is 4.39 Å². The highest BCUT2D eigenvalue weighted by atomic mass is 79.9. The van der Waals surface area contributed by atoms with Crippen molar-refractivity contribution in [3.8, 4) is 5.75 Å². The van der Waals surface area contributed by atoms with Crippen molar-refractivity contribution in [2.24, 2.45) is 7.05 Å². The number of fused-ring (bicyclic) bond motifs is 1. The first-order chi connectivity index (χ1) is 10.5. The Kier molecular flexibility index (Phi) is 3.65. The summed E-state index contributed by atoms with van der Waals surface area (Å²) >= 11 is 3.16. The highest BCUT2D eigenvalue weighted by molar-refractivity contribution is 9.10. The molecule has 0 saturated heterocycles. The summed E-state index contributed by atoms with van der Waals surface area (Å²) in [5, 5.41) is 4.61. The number of nitrogen functional groups attached to an aromatic ring is 1. The van der Waals surface area contributed by atoms with E-state index in [1.54, 1.807) is 25.0 Å². The lowest BCUT2D eigenvalue weighted by molar-refractivity contribution is 0.218. The Hall–Kier alpha value is -2.29. The van der Waals surface area contributed by atoms with E-state index in [0.717, 1.165) is 0 Å².